The van der Waals surface area contributed by atoms with Crippen molar-refractivity contribution in [2.75, 3.05) is 13.6 Å². The summed E-state index contributed by atoms with van der Waals surface area (Å²) in [6.45, 7) is 1.94. The number of nitrogens with one attached hydrogen (secondary N) is 3. The molecule has 0 spiro atoms. The van der Waals surface area contributed by atoms with Crippen LogP contribution in [0.4, 0.5) is 0 Å². The van der Waals surface area contributed by atoms with Crippen molar-refractivity contribution in [3.63, 3.8) is 0 Å². The lowest BCUT2D eigenvalue weighted by Gasteiger charge is -2.22. The normalized spacial score (nSPS) is 16.9. The van der Waals surface area contributed by atoms with Crippen molar-refractivity contribution in [2.45, 2.75) is 57.9 Å². The van der Waals surface area contributed by atoms with E-state index < -0.39 is 6.04 Å². The molecule has 0 saturated heterocycles. The van der Waals surface area contributed by atoms with Gasteiger partial charge in [-0.2, -0.15) is 0 Å². The molecule has 1 aliphatic carbocycles. The van der Waals surface area contributed by atoms with Crippen molar-refractivity contribution < 1.29 is 14.4 Å². The van der Waals surface area contributed by atoms with Crippen molar-refractivity contribution in [2.24, 2.45) is 5.92 Å². The second kappa shape index (κ2) is 9.37. The first-order chi connectivity index (χ1) is 10.0. The lowest BCUT2D eigenvalue weighted by molar-refractivity contribution is -0.129. The molecular weight excluding hydrogens is 270 g/mol. The lowest BCUT2D eigenvalue weighted by Crippen LogP contribution is -2.45. The van der Waals surface area contributed by atoms with Crippen LogP contribution in [0.25, 0.3) is 0 Å². The van der Waals surface area contributed by atoms with E-state index in [4.69, 9.17) is 0 Å². The highest BCUT2D eigenvalue weighted by Gasteiger charge is 2.20. The molecule has 1 aliphatic rings. The minimum Gasteiger partial charge on any atom is -0.359 e. The van der Waals surface area contributed by atoms with E-state index in [0.29, 0.717) is 12.3 Å². The number of rotatable bonds is 7. The molecule has 1 atom stereocenters. The fourth-order valence-electron chi connectivity index (χ4n) is 2.60. The van der Waals surface area contributed by atoms with Crippen LogP contribution in [0.2, 0.25) is 0 Å². The Kier molecular flexibility index (Phi) is 7.79. The van der Waals surface area contributed by atoms with Crippen molar-refractivity contribution >= 4 is 17.7 Å². The zero-order valence-corrected chi connectivity index (χ0v) is 13.0. The molecule has 0 heterocycles. The third-order valence-corrected chi connectivity index (χ3v) is 3.90. The third-order valence-electron chi connectivity index (χ3n) is 3.90. The van der Waals surface area contributed by atoms with Gasteiger partial charge in [0.05, 0.1) is 0 Å². The molecule has 0 aromatic heterocycles. The smallest absolute Gasteiger partial charge is 0.242 e. The van der Waals surface area contributed by atoms with Crippen molar-refractivity contribution in [3.8, 4) is 0 Å². The zero-order chi connectivity index (χ0) is 15.7. The van der Waals surface area contributed by atoms with Crippen molar-refractivity contribution in [1.29, 1.82) is 0 Å². The van der Waals surface area contributed by atoms with Crippen molar-refractivity contribution in [1.82, 2.24) is 16.0 Å². The molecule has 21 heavy (non-hydrogen) atoms. The molecule has 120 valence electrons. The van der Waals surface area contributed by atoms with Gasteiger partial charge in [0.2, 0.25) is 17.7 Å². The summed E-state index contributed by atoms with van der Waals surface area (Å²) in [4.78, 5) is 34.7. The minimum atomic E-state index is -0.564. The molecular formula is C15H27N3O3. The number of carbonyl (C=O) groups is 3. The van der Waals surface area contributed by atoms with Gasteiger partial charge < -0.3 is 16.0 Å². The molecule has 0 unspecified atom stereocenters. The standard InChI is InChI=1S/C15H27N3O3/c1-11(15(21)17-9-8-13(19)16-2)18-14(20)10-12-6-4-3-5-7-12/h11-12H,3-10H2,1-2H3,(H,16,19)(H,17,21)(H,18,20)/t11-/m1/s1. The highest BCUT2D eigenvalue weighted by Crippen LogP contribution is 2.26. The Morgan fingerprint density at radius 1 is 1.10 bits per heavy atom. The SMILES string of the molecule is CNC(=O)CCNC(=O)[C@@H](C)NC(=O)CC1CCCCC1. The summed E-state index contributed by atoms with van der Waals surface area (Å²) in [6, 6.07) is -0.564. The molecule has 6 nitrogen and oxygen atoms in total. The number of carbonyl (C=O) groups excluding carboxylic acids is 3. The monoisotopic (exact) mass is 297 g/mol. The van der Waals surface area contributed by atoms with Gasteiger partial charge in [0.1, 0.15) is 6.04 Å². The van der Waals surface area contributed by atoms with Crippen LogP contribution in [0.15, 0.2) is 0 Å². The van der Waals surface area contributed by atoms with Crippen LogP contribution >= 0.6 is 0 Å². The topological polar surface area (TPSA) is 87.3 Å². The van der Waals surface area contributed by atoms with Crippen LogP contribution in [0.5, 0.6) is 0 Å². The van der Waals surface area contributed by atoms with Gasteiger partial charge in [-0.1, -0.05) is 19.3 Å². The molecule has 0 aromatic rings. The molecule has 6 heteroatoms. The first kappa shape index (κ1) is 17.5. The zero-order valence-electron chi connectivity index (χ0n) is 13.0. The maximum atomic E-state index is 11.9. The number of amides is 3. The number of hydrogen-bond donors (Lipinski definition) is 3. The van der Waals surface area contributed by atoms with Crippen molar-refractivity contribution in [3.05, 3.63) is 0 Å². The summed E-state index contributed by atoms with van der Waals surface area (Å²) in [5, 5.41) is 7.86. The van der Waals surface area contributed by atoms with Gasteiger partial charge >= 0.3 is 0 Å². The van der Waals surface area contributed by atoms with E-state index in [2.05, 4.69) is 16.0 Å². The van der Waals surface area contributed by atoms with Gasteiger partial charge in [0.15, 0.2) is 0 Å². The summed E-state index contributed by atoms with van der Waals surface area (Å²) in [7, 11) is 1.55. The molecule has 0 bridgehead atoms. The van der Waals surface area contributed by atoms with E-state index in [1.54, 1.807) is 14.0 Å². The molecule has 1 rings (SSSR count). The maximum Gasteiger partial charge on any atom is 0.242 e. The Morgan fingerprint density at radius 3 is 2.38 bits per heavy atom. The Balaban J connectivity index is 2.21. The van der Waals surface area contributed by atoms with Gasteiger partial charge in [0.25, 0.3) is 0 Å². The first-order valence-electron chi connectivity index (χ1n) is 7.80. The fourth-order valence-corrected chi connectivity index (χ4v) is 2.60. The summed E-state index contributed by atoms with van der Waals surface area (Å²) < 4.78 is 0. The highest BCUT2D eigenvalue weighted by atomic mass is 16.2. The first-order valence-corrected chi connectivity index (χ1v) is 7.80. The lowest BCUT2D eigenvalue weighted by atomic mass is 9.87. The van der Waals surface area contributed by atoms with E-state index in [1.165, 1.54) is 19.3 Å². The Hall–Kier alpha value is -1.59. The fraction of sp³-hybridized carbons (Fsp3) is 0.800. The van der Waals surface area contributed by atoms with Crippen LogP contribution in [-0.2, 0) is 14.4 Å². The van der Waals surface area contributed by atoms with Gasteiger partial charge in [-0.25, -0.2) is 0 Å². The minimum absolute atomic E-state index is 0.0594. The molecule has 3 amide bonds. The second-order valence-electron chi connectivity index (χ2n) is 5.71. The predicted molar refractivity (Wildman–Crippen MR) is 80.5 cm³/mol. The second-order valence-corrected chi connectivity index (χ2v) is 5.71. The van der Waals surface area contributed by atoms with Crippen LogP contribution in [0.3, 0.4) is 0 Å². The molecule has 3 N–H and O–H groups in total. The molecule has 0 aliphatic heterocycles. The average Bonchev–Trinajstić information content (AvgIpc) is 2.47. The van der Waals surface area contributed by atoms with E-state index in [1.807, 2.05) is 0 Å². The average molecular weight is 297 g/mol. The largest absolute Gasteiger partial charge is 0.359 e. The molecule has 1 saturated carbocycles. The Bertz CT molecular complexity index is 365. The van der Waals surface area contributed by atoms with E-state index in [0.717, 1.165) is 12.8 Å². The van der Waals surface area contributed by atoms with Crippen LogP contribution in [0, 0.1) is 5.92 Å². The molecule has 0 radical (unpaired) electrons. The Morgan fingerprint density at radius 2 is 1.76 bits per heavy atom. The van der Waals surface area contributed by atoms with Gasteiger partial charge in [-0.05, 0) is 25.7 Å². The summed E-state index contributed by atoms with van der Waals surface area (Å²) in [5.41, 5.74) is 0. The van der Waals surface area contributed by atoms with Crippen LogP contribution < -0.4 is 16.0 Å². The maximum absolute atomic E-state index is 11.9. The summed E-state index contributed by atoms with van der Waals surface area (Å²) in [6.07, 6.45) is 6.64. The van der Waals surface area contributed by atoms with Gasteiger partial charge in [0, 0.05) is 26.4 Å². The molecule has 0 aromatic carbocycles. The van der Waals surface area contributed by atoms with E-state index >= 15 is 0 Å². The quantitative estimate of drug-likeness (QED) is 0.647. The Labute approximate surface area is 126 Å². The van der Waals surface area contributed by atoms with Crippen LogP contribution in [0.1, 0.15) is 51.9 Å². The van der Waals surface area contributed by atoms with Gasteiger partial charge in [-0.15, -0.1) is 0 Å². The summed E-state index contributed by atoms with van der Waals surface area (Å²) >= 11 is 0. The predicted octanol–water partition coefficient (Wildman–Crippen LogP) is 0.714. The molecule has 1 fully saturated rings. The van der Waals surface area contributed by atoms with E-state index in [9.17, 15) is 14.4 Å². The third kappa shape index (κ3) is 7.11. The number of hydrogen-bond acceptors (Lipinski definition) is 3. The van der Waals surface area contributed by atoms with Crippen LogP contribution in [-0.4, -0.2) is 37.4 Å². The van der Waals surface area contributed by atoms with E-state index in [-0.39, 0.29) is 30.7 Å². The highest BCUT2D eigenvalue weighted by molar-refractivity contribution is 5.87. The summed E-state index contributed by atoms with van der Waals surface area (Å²) in [5.74, 6) is 0.0262. The van der Waals surface area contributed by atoms with Gasteiger partial charge in [-0.3, -0.25) is 14.4 Å².